The van der Waals surface area contributed by atoms with Crippen LogP contribution in [0.15, 0.2) is 72.8 Å². The quantitative estimate of drug-likeness (QED) is 0.247. The van der Waals surface area contributed by atoms with E-state index in [1.54, 1.807) is 4.90 Å². The van der Waals surface area contributed by atoms with E-state index in [4.69, 9.17) is 11.1 Å². The first-order valence-electron chi connectivity index (χ1n) is 12.6. The molecule has 1 aliphatic heterocycles. The fraction of sp³-hybridized carbons (Fsp3) is 0.345. The summed E-state index contributed by atoms with van der Waals surface area (Å²) in [5, 5.41) is 8.44. The van der Waals surface area contributed by atoms with Crippen LogP contribution in [0, 0.1) is 5.41 Å². The molecule has 1 aliphatic rings. The third kappa shape index (κ3) is 9.48. The standard InChI is InChI=1S/C15H25N5O2S.C13H12.CH3N/c1-19-11(8-16)5-6-12(19)9-17-15(22)13-4-3-7-20(13)14(21)10-18-23-2;1-3-7-12(8-4-1)11-13-9-5-2-6-10-13;1-2/h5-6,13,18H,3-4,7-10,16H2,1-2H3,(H,17,22);1-10H,11H2;2H,1H2. The van der Waals surface area contributed by atoms with Gasteiger partial charge in [0.15, 0.2) is 0 Å². The first-order valence-corrected chi connectivity index (χ1v) is 13.9. The molecular weight excluding hydrogens is 496 g/mol. The molecule has 38 heavy (non-hydrogen) atoms. The molecule has 3 aromatic rings. The molecule has 2 aromatic carbocycles. The summed E-state index contributed by atoms with van der Waals surface area (Å²) in [5.41, 5.74) is 10.4. The molecule has 2 heterocycles. The maximum absolute atomic E-state index is 12.4. The van der Waals surface area contributed by atoms with Crippen molar-refractivity contribution in [3.8, 4) is 0 Å². The second-order valence-electron chi connectivity index (χ2n) is 8.72. The number of hydrogen-bond donors (Lipinski definition) is 4. The van der Waals surface area contributed by atoms with Crippen LogP contribution in [-0.2, 0) is 36.1 Å². The number of nitrogens with zero attached hydrogens (tertiary/aromatic N) is 2. The zero-order valence-corrected chi connectivity index (χ0v) is 23.2. The van der Waals surface area contributed by atoms with Crippen LogP contribution >= 0.6 is 11.9 Å². The number of amides is 2. The molecule has 1 fully saturated rings. The van der Waals surface area contributed by atoms with Gasteiger partial charge in [0.1, 0.15) is 6.04 Å². The van der Waals surface area contributed by atoms with Gasteiger partial charge < -0.3 is 25.9 Å². The molecule has 9 heteroatoms. The van der Waals surface area contributed by atoms with Gasteiger partial charge in [0, 0.05) is 31.5 Å². The SMILES string of the molecule is C=N.CSNCC(=O)N1CCCC1C(=O)NCc1ccc(CN)n1C.c1ccc(Cc2ccccc2)cc1. The van der Waals surface area contributed by atoms with Crippen LogP contribution in [0.3, 0.4) is 0 Å². The normalized spacial score (nSPS) is 14.1. The summed E-state index contributed by atoms with van der Waals surface area (Å²) in [4.78, 5) is 26.2. The minimum absolute atomic E-state index is 0.0266. The fourth-order valence-corrected chi connectivity index (χ4v) is 4.55. The average molecular weight is 537 g/mol. The maximum Gasteiger partial charge on any atom is 0.243 e. The van der Waals surface area contributed by atoms with E-state index >= 15 is 0 Å². The van der Waals surface area contributed by atoms with Crippen LogP contribution in [0.5, 0.6) is 0 Å². The van der Waals surface area contributed by atoms with Crippen molar-refractivity contribution >= 4 is 30.5 Å². The average Bonchev–Trinajstić information content (AvgIpc) is 3.60. The monoisotopic (exact) mass is 536 g/mol. The van der Waals surface area contributed by atoms with Crippen molar-refractivity contribution in [2.24, 2.45) is 12.8 Å². The Balaban J connectivity index is 0.000000284. The van der Waals surface area contributed by atoms with Gasteiger partial charge in [-0.05, 0) is 55.5 Å². The Hall–Kier alpha value is -3.40. The van der Waals surface area contributed by atoms with Gasteiger partial charge in [0.05, 0.1) is 13.1 Å². The van der Waals surface area contributed by atoms with Crippen LogP contribution in [0.4, 0.5) is 0 Å². The molecule has 1 atom stereocenters. The van der Waals surface area contributed by atoms with E-state index in [0.717, 1.165) is 30.7 Å². The second kappa shape index (κ2) is 17.2. The lowest BCUT2D eigenvalue weighted by atomic mass is 10.1. The molecule has 0 aliphatic carbocycles. The molecule has 204 valence electrons. The van der Waals surface area contributed by atoms with E-state index in [1.165, 1.54) is 23.1 Å². The number of aromatic nitrogens is 1. The summed E-state index contributed by atoms with van der Waals surface area (Å²) in [7, 11) is 1.93. The Morgan fingerprint density at radius 2 is 1.58 bits per heavy atom. The summed E-state index contributed by atoms with van der Waals surface area (Å²) >= 11 is 1.40. The first kappa shape index (κ1) is 30.8. The maximum atomic E-state index is 12.4. The Bertz CT molecular complexity index is 1070. The molecule has 0 saturated carbocycles. The lowest BCUT2D eigenvalue weighted by Crippen LogP contribution is -2.47. The first-order chi connectivity index (χ1) is 18.5. The predicted molar refractivity (Wildman–Crippen MR) is 157 cm³/mol. The van der Waals surface area contributed by atoms with Gasteiger partial charge in [0.25, 0.3) is 0 Å². The largest absolute Gasteiger partial charge is 0.349 e. The van der Waals surface area contributed by atoms with E-state index in [1.807, 2.05) is 30.0 Å². The Morgan fingerprint density at radius 1 is 1.00 bits per heavy atom. The Kier molecular flexibility index (Phi) is 13.9. The highest BCUT2D eigenvalue weighted by Gasteiger charge is 2.33. The van der Waals surface area contributed by atoms with E-state index in [2.05, 4.69) is 77.4 Å². The van der Waals surface area contributed by atoms with Crippen LogP contribution in [0.1, 0.15) is 35.4 Å². The van der Waals surface area contributed by atoms with Gasteiger partial charge in [-0.2, -0.15) is 0 Å². The van der Waals surface area contributed by atoms with Crippen molar-refractivity contribution in [2.75, 3.05) is 19.3 Å². The summed E-state index contributed by atoms with van der Waals surface area (Å²) in [5.74, 6) is -0.114. The van der Waals surface area contributed by atoms with Crippen LogP contribution in [0.25, 0.3) is 0 Å². The van der Waals surface area contributed by atoms with Gasteiger partial charge in [-0.15, -0.1) is 0 Å². The zero-order valence-electron chi connectivity index (χ0n) is 22.4. The molecular formula is C29H40N6O2S. The lowest BCUT2D eigenvalue weighted by Gasteiger charge is -2.24. The van der Waals surface area contributed by atoms with Gasteiger partial charge in [-0.3, -0.25) is 14.3 Å². The minimum atomic E-state index is -0.361. The molecule has 2 amide bonds. The van der Waals surface area contributed by atoms with Gasteiger partial charge in [-0.25, -0.2) is 0 Å². The van der Waals surface area contributed by atoms with E-state index in [-0.39, 0.29) is 24.4 Å². The predicted octanol–water partition coefficient (Wildman–Crippen LogP) is 3.50. The third-order valence-electron chi connectivity index (χ3n) is 6.32. The number of carbonyl (C=O) groups is 2. The highest BCUT2D eigenvalue weighted by molar-refractivity contribution is 7.96. The Labute approximate surface area is 230 Å². The van der Waals surface area contributed by atoms with Gasteiger partial charge in [0.2, 0.25) is 11.8 Å². The number of benzene rings is 2. The van der Waals surface area contributed by atoms with Crippen LogP contribution in [-0.4, -0.2) is 53.4 Å². The molecule has 0 bridgehead atoms. The smallest absolute Gasteiger partial charge is 0.243 e. The molecule has 4 rings (SSSR count). The number of hydrogen-bond acceptors (Lipinski definition) is 6. The van der Waals surface area contributed by atoms with Crippen molar-refractivity contribution in [3.05, 3.63) is 95.3 Å². The number of carbonyl (C=O) groups excluding carboxylic acids is 2. The molecule has 8 nitrogen and oxygen atoms in total. The fourth-order valence-electron chi connectivity index (χ4n) is 4.28. The minimum Gasteiger partial charge on any atom is -0.349 e. The molecule has 0 radical (unpaired) electrons. The third-order valence-corrected chi connectivity index (χ3v) is 6.75. The number of likely N-dealkylation sites (tertiary alicyclic amines) is 1. The van der Waals surface area contributed by atoms with Crippen molar-refractivity contribution in [3.63, 3.8) is 0 Å². The summed E-state index contributed by atoms with van der Waals surface area (Å²) in [6.45, 7) is 4.31. The van der Waals surface area contributed by atoms with Gasteiger partial charge in [-0.1, -0.05) is 72.6 Å². The highest BCUT2D eigenvalue weighted by Crippen LogP contribution is 2.18. The Morgan fingerprint density at radius 3 is 2.11 bits per heavy atom. The second-order valence-corrected chi connectivity index (χ2v) is 9.41. The topological polar surface area (TPSA) is 116 Å². The number of rotatable bonds is 9. The van der Waals surface area contributed by atoms with Crippen molar-refractivity contribution in [2.45, 2.75) is 38.4 Å². The summed E-state index contributed by atoms with van der Waals surface area (Å²) < 4.78 is 4.92. The van der Waals surface area contributed by atoms with Crippen molar-refractivity contribution < 1.29 is 9.59 Å². The van der Waals surface area contributed by atoms with Gasteiger partial charge >= 0.3 is 0 Å². The summed E-state index contributed by atoms with van der Waals surface area (Å²) in [6.07, 6.45) is 4.49. The van der Waals surface area contributed by atoms with Crippen LogP contribution < -0.4 is 15.8 Å². The number of nitrogens with two attached hydrogens (primary N) is 1. The zero-order chi connectivity index (χ0) is 27.8. The van der Waals surface area contributed by atoms with Crippen molar-refractivity contribution in [1.82, 2.24) is 19.5 Å². The molecule has 1 saturated heterocycles. The molecule has 0 spiro atoms. The summed E-state index contributed by atoms with van der Waals surface area (Å²) in [6, 6.07) is 24.6. The van der Waals surface area contributed by atoms with E-state index < -0.39 is 0 Å². The van der Waals surface area contributed by atoms with E-state index in [0.29, 0.717) is 19.6 Å². The molecule has 5 N–H and O–H groups in total. The number of nitrogens with one attached hydrogen (secondary N) is 3. The highest BCUT2D eigenvalue weighted by atomic mass is 32.2. The molecule has 1 unspecified atom stereocenters. The van der Waals surface area contributed by atoms with E-state index in [9.17, 15) is 9.59 Å². The molecule has 1 aromatic heterocycles. The van der Waals surface area contributed by atoms with Crippen LogP contribution in [0.2, 0.25) is 0 Å². The lowest BCUT2D eigenvalue weighted by molar-refractivity contribution is -0.137. The van der Waals surface area contributed by atoms with Crippen molar-refractivity contribution in [1.29, 1.82) is 5.41 Å².